The molecule has 0 unspecified atom stereocenters. The van der Waals surface area contributed by atoms with Crippen molar-refractivity contribution in [1.29, 1.82) is 0 Å². The molecule has 0 heterocycles. The van der Waals surface area contributed by atoms with Gasteiger partial charge in [-0.3, -0.25) is 4.79 Å². The molecule has 4 nitrogen and oxygen atoms in total. The van der Waals surface area contributed by atoms with Crippen LogP contribution in [-0.4, -0.2) is 19.6 Å². The van der Waals surface area contributed by atoms with Gasteiger partial charge in [-0.1, -0.05) is 18.7 Å². The van der Waals surface area contributed by atoms with Gasteiger partial charge in [0.2, 0.25) is 5.91 Å². The first-order valence-electron chi connectivity index (χ1n) is 4.87. The summed E-state index contributed by atoms with van der Waals surface area (Å²) in [6, 6.07) is 5.30. The first kappa shape index (κ1) is 12.1. The maximum absolute atomic E-state index is 11.0. The predicted octanol–water partition coefficient (Wildman–Crippen LogP) is 2.22. The lowest BCUT2D eigenvalue weighted by Gasteiger charge is -2.13. The van der Waals surface area contributed by atoms with Crippen molar-refractivity contribution < 1.29 is 14.3 Å². The quantitative estimate of drug-likeness (QED) is 0.775. The van der Waals surface area contributed by atoms with Crippen LogP contribution in [0.25, 0.3) is 0 Å². The highest BCUT2D eigenvalue weighted by atomic mass is 16.5. The van der Waals surface area contributed by atoms with E-state index >= 15 is 0 Å². The van der Waals surface area contributed by atoms with E-state index in [-0.39, 0.29) is 5.91 Å². The Morgan fingerprint density at radius 2 is 2.31 bits per heavy atom. The second-order valence-electron chi connectivity index (χ2n) is 3.12. The van der Waals surface area contributed by atoms with Crippen LogP contribution in [0.15, 0.2) is 30.9 Å². The highest BCUT2D eigenvalue weighted by Crippen LogP contribution is 2.35. The largest absolute Gasteiger partial charge is 0.493 e. The molecule has 86 valence electrons. The number of carbonyl (C=O) groups excluding carboxylic acids is 1. The molecular formula is C12H15NO3. The van der Waals surface area contributed by atoms with E-state index in [0.29, 0.717) is 23.8 Å². The van der Waals surface area contributed by atoms with Crippen LogP contribution < -0.4 is 14.8 Å². The summed E-state index contributed by atoms with van der Waals surface area (Å²) in [5.41, 5.74) is 0.591. The number of amides is 1. The van der Waals surface area contributed by atoms with Gasteiger partial charge in [0.25, 0.3) is 0 Å². The second-order valence-corrected chi connectivity index (χ2v) is 3.12. The van der Waals surface area contributed by atoms with Gasteiger partial charge in [0.1, 0.15) is 6.61 Å². The summed E-state index contributed by atoms with van der Waals surface area (Å²) in [5, 5.41) is 2.68. The number of hydrogen-bond donors (Lipinski definition) is 1. The summed E-state index contributed by atoms with van der Waals surface area (Å²) in [6.45, 7) is 5.36. The van der Waals surface area contributed by atoms with Crippen molar-refractivity contribution in [2.75, 3.05) is 19.0 Å². The third-order valence-corrected chi connectivity index (χ3v) is 1.86. The molecule has 1 aromatic rings. The Bertz CT molecular complexity index is 388. The average Bonchev–Trinajstić information content (AvgIpc) is 2.26. The first-order chi connectivity index (χ1) is 7.69. The van der Waals surface area contributed by atoms with Gasteiger partial charge in [0, 0.05) is 6.92 Å². The van der Waals surface area contributed by atoms with E-state index < -0.39 is 0 Å². The molecule has 0 fully saturated rings. The lowest BCUT2D eigenvalue weighted by molar-refractivity contribution is -0.114. The van der Waals surface area contributed by atoms with Crippen LogP contribution in [0.3, 0.4) is 0 Å². The molecule has 0 aromatic heterocycles. The molecule has 1 aromatic carbocycles. The molecule has 16 heavy (non-hydrogen) atoms. The summed E-state index contributed by atoms with van der Waals surface area (Å²) >= 11 is 0. The number of hydrogen-bond acceptors (Lipinski definition) is 3. The minimum atomic E-state index is -0.156. The van der Waals surface area contributed by atoms with E-state index in [1.807, 2.05) is 0 Å². The molecular weight excluding hydrogens is 206 g/mol. The van der Waals surface area contributed by atoms with Gasteiger partial charge >= 0.3 is 0 Å². The number of para-hydroxylation sites is 1. The molecule has 0 aliphatic heterocycles. The smallest absolute Gasteiger partial charge is 0.221 e. The van der Waals surface area contributed by atoms with E-state index in [1.54, 1.807) is 31.4 Å². The van der Waals surface area contributed by atoms with Crippen LogP contribution >= 0.6 is 0 Å². The molecule has 1 N–H and O–H groups in total. The standard InChI is InChI=1S/C12H15NO3/c1-4-8-16-12-10(13-9(2)14)6-5-7-11(12)15-3/h4-7H,1,8H2,2-3H3,(H,13,14). The van der Waals surface area contributed by atoms with Crippen molar-refractivity contribution in [2.45, 2.75) is 6.92 Å². The van der Waals surface area contributed by atoms with Crippen molar-refractivity contribution in [1.82, 2.24) is 0 Å². The molecule has 1 rings (SSSR count). The number of benzene rings is 1. The first-order valence-corrected chi connectivity index (χ1v) is 4.87. The zero-order valence-corrected chi connectivity index (χ0v) is 9.45. The predicted molar refractivity (Wildman–Crippen MR) is 63.0 cm³/mol. The molecule has 0 saturated heterocycles. The van der Waals surface area contributed by atoms with Gasteiger partial charge in [-0.25, -0.2) is 0 Å². The Labute approximate surface area is 94.9 Å². The van der Waals surface area contributed by atoms with Gasteiger partial charge in [-0.2, -0.15) is 0 Å². The molecule has 0 saturated carbocycles. The van der Waals surface area contributed by atoms with Gasteiger partial charge in [0.05, 0.1) is 12.8 Å². The minimum absolute atomic E-state index is 0.156. The van der Waals surface area contributed by atoms with Gasteiger partial charge in [0.15, 0.2) is 11.5 Å². The van der Waals surface area contributed by atoms with Crippen LogP contribution in [0.1, 0.15) is 6.92 Å². The summed E-state index contributed by atoms with van der Waals surface area (Å²) < 4.78 is 10.6. The summed E-state index contributed by atoms with van der Waals surface area (Å²) in [7, 11) is 1.55. The van der Waals surface area contributed by atoms with Crippen LogP contribution in [0.2, 0.25) is 0 Å². The van der Waals surface area contributed by atoms with Crippen molar-refractivity contribution in [3.8, 4) is 11.5 Å². The maximum Gasteiger partial charge on any atom is 0.221 e. The fraction of sp³-hybridized carbons (Fsp3) is 0.250. The van der Waals surface area contributed by atoms with Gasteiger partial charge in [-0.05, 0) is 12.1 Å². The van der Waals surface area contributed by atoms with Crippen LogP contribution in [0.5, 0.6) is 11.5 Å². The Morgan fingerprint density at radius 3 is 2.88 bits per heavy atom. The molecule has 0 aliphatic rings. The van der Waals surface area contributed by atoms with E-state index in [4.69, 9.17) is 9.47 Å². The maximum atomic E-state index is 11.0. The summed E-state index contributed by atoms with van der Waals surface area (Å²) in [4.78, 5) is 11.0. The fourth-order valence-corrected chi connectivity index (χ4v) is 1.26. The average molecular weight is 221 g/mol. The zero-order chi connectivity index (χ0) is 12.0. The number of methoxy groups -OCH3 is 1. The van der Waals surface area contributed by atoms with Crippen LogP contribution in [-0.2, 0) is 4.79 Å². The summed E-state index contributed by atoms with van der Waals surface area (Å²) in [5.74, 6) is 0.935. The van der Waals surface area contributed by atoms with Crippen LogP contribution in [0, 0.1) is 0 Å². The zero-order valence-electron chi connectivity index (χ0n) is 9.45. The Kier molecular flexibility index (Phi) is 4.39. The number of carbonyl (C=O) groups is 1. The van der Waals surface area contributed by atoms with Crippen molar-refractivity contribution in [3.63, 3.8) is 0 Å². The van der Waals surface area contributed by atoms with Crippen molar-refractivity contribution in [3.05, 3.63) is 30.9 Å². The van der Waals surface area contributed by atoms with E-state index in [1.165, 1.54) is 6.92 Å². The number of rotatable bonds is 5. The van der Waals surface area contributed by atoms with Crippen LogP contribution in [0.4, 0.5) is 5.69 Å². The SMILES string of the molecule is C=CCOc1c(NC(C)=O)cccc1OC. The van der Waals surface area contributed by atoms with E-state index in [2.05, 4.69) is 11.9 Å². The van der Waals surface area contributed by atoms with E-state index in [9.17, 15) is 4.79 Å². The highest BCUT2D eigenvalue weighted by molar-refractivity contribution is 5.91. The topological polar surface area (TPSA) is 47.6 Å². The molecule has 0 aliphatic carbocycles. The normalized spacial score (nSPS) is 9.38. The highest BCUT2D eigenvalue weighted by Gasteiger charge is 2.10. The third kappa shape index (κ3) is 3.02. The number of ether oxygens (including phenoxy) is 2. The molecule has 0 bridgehead atoms. The van der Waals surface area contributed by atoms with Crippen molar-refractivity contribution >= 4 is 11.6 Å². The fourth-order valence-electron chi connectivity index (χ4n) is 1.26. The number of anilines is 1. The lowest BCUT2D eigenvalue weighted by atomic mass is 10.2. The Hall–Kier alpha value is -1.97. The molecule has 0 spiro atoms. The van der Waals surface area contributed by atoms with Gasteiger partial charge in [-0.15, -0.1) is 0 Å². The molecule has 0 atom stereocenters. The van der Waals surface area contributed by atoms with Gasteiger partial charge < -0.3 is 14.8 Å². The summed E-state index contributed by atoms with van der Waals surface area (Å²) in [6.07, 6.45) is 1.63. The monoisotopic (exact) mass is 221 g/mol. The number of nitrogens with one attached hydrogen (secondary N) is 1. The lowest BCUT2D eigenvalue weighted by Crippen LogP contribution is -2.08. The molecule has 1 amide bonds. The van der Waals surface area contributed by atoms with E-state index in [0.717, 1.165) is 0 Å². The van der Waals surface area contributed by atoms with Crippen molar-refractivity contribution in [2.24, 2.45) is 0 Å². The Morgan fingerprint density at radius 1 is 1.56 bits per heavy atom. The second kappa shape index (κ2) is 5.80. The molecule has 4 heteroatoms. The third-order valence-electron chi connectivity index (χ3n) is 1.86. The molecule has 0 radical (unpaired) electrons. The minimum Gasteiger partial charge on any atom is -0.493 e. The Balaban J connectivity index is 3.03.